The van der Waals surface area contributed by atoms with Crippen LogP contribution < -0.4 is 5.32 Å². The first-order valence-corrected chi connectivity index (χ1v) is 6.84. The molecule has 5 heteroatoms. The number of nitrogens with one attached hydrogen (secondary N) is 1. The van der Waals surface area contributed by atoms with Gasteiger partial charge in [-0.05, 0) is 17.5 Å². The van der Waals surface area contributed by atoms with E-state index in [9.17, 15) is 9.59 Å². The second-order valence-corrected chi connectivity index (χ2v) is 5.54. The summed E-state index contributed by atoms with van der Waals surface area (Å²) in [5.74, 6) is -0.388. The predicted molar refractivity (Wildman–Crippen MR) is 76.9 cm³/mol. The Morgan fingerprint density at radius 1 is 1.35 bits per heavy atom. The SMILES string of the molecule is CC(C)c1ccccc1NC(=O)N1CC(CC(=O)O)C1. The molecular formula is C15H20N2O3. The van der Waals surface area contributed by atoms with Gasteiger partial charge in [0.1, 0.15) is 0 Å². The molecule has 0 unspecified atom stereocenters. The van der Waals surface area contributed by atoms with Crippen molar-refractivity contribution in [3.05, 3.63) is 29.8 Å². The zero-order valence-corrected chi connectivity index (χ0v) is 11.8. The van der Waals surface area contributed by atoms with E-state index in [0.717, 1.165) is 11.3 Å². The highest BCUT2D eigenvalue weighted by Gasteiger charge is 2.32. The lowest BCUT2D eigenvalue weighted by Gasteiger charge is -2.38. The second kappa shape index (κ2) is 5.94. The van der Waals surface area contributed by atoms with Gasteiger partial charge in [-0.15, -0.1) is 0 Å². The van der Waals surface area contributed by atoms with Crippen LogP contribution in [0.15, 0.2) is 24.3 Å². The van der Waals surface area contributed by atoms with Crippen LogP contribution in [0.5, 0.6) is 0 Å². The summed E-state index contributed by atoms with van der Waals surface area (Å²) in [5, 5.41) is 11.6. The molecule has 1 fully saturated rings. The van der Waals surface area contributed by atoms with Crippen molar-refractivity contribution >= 4 is 17.7 Å². The van der Waals surface area contributed by atoms with Crippen LogP contribution in [-0.2, 0) is 4.79 Å². The molecule has 0 aliphatic carbocycles. The van der Waals surface area contributed by atoms with Crippen molar-refractivity contribution in [3.8, 4) is 0 Å². The molecule has 2 rings (SSSR count). The van der Waals surface area contributed by atoms with Crippen LogP contribution in [0.25, 0.3) is 0 Å². The number of nitrogens with zero attached hydrogens (tertiary/aromatic N) is 1. The molecule has 1 saturated heterocycles. The molecule has 1 heterocycles. The van der Waals surface area contributed by atoms with Crippen molar-refractivity contribution in [1.29, 1.82) is 0 Å². The topological polar surface area (TPSA) is 69.6 Å². The van der Waals surface area contributed by atoms with Crippen LogP contribution in [0.2, 0.25) is 0 Å². The van der Waals surface area contributed by atoms with Gasteiger partial charge in [-0.25, -0.2) is 4.79 Å². The monoisotopic (exact) mass is 276 g/mol. The molecule has 0 bridgehead atoms. The number of carboxylic acids is 1. The maximum atomic E-state index is 12.1. The van der Waals surface area contributed by atoms with Crippen LogP contribution >= 0.6 is 0 Å². The molecule has 0 saturated carbocycles. The third kappa shape index (κ3) is 3.29. The number of hydrogen-bond acceptors (Lipinski definition) is 2. The first-order chi connectivity index (χ1) is 9.47. The number of amides is 2. The average molecular weight is 276 g/mol. The molecule has 0 spiro atoms. The Balaban J connectivity index is 1.92. The van der Waals surface area contributed by atoms with Crippen molar-refractivity contribution in [2.24, 2.45) is 5.92 Å². The highest BCUT2D eigenvalue weighted by molar-refractivity contribution is 5.90. The Morgan fingerprint density at radius 2 is 2.00 bits per heavy atom. The van der Waals surface area contributed by atoms with Gasteiger partial charge in [0.05, 0.1) is 6.42 Å². The number of anilines is 1. The van der Waals surface area contributed by atoms with E-state index in [0.29, 0.717) is 19.0 Å². The Morgan fingerprint density at radius 3 is 2.60 bits per heavy atom. The van der Waals surface area contributed by atoms with Gasteiger partial charge in [0, 0.05) is 24.7 Å². The van der Waals surface area contributed by atoms with Gasteiger partial charge in [-0.2, -0.15) is 0 Å². The minimum absolute atomic E-state index is 0.0820. The highest BCUT2D eigenvalue weighted by atomic mass is 16.4. The second-order valence-electron chi connectivity index (χ2n) is 5.54. The van der Waals surface area contributed by atoms with Crippen molar-refractivity contribution < 1.29 is 14.7 Å². The van der Waals surface area contributed by atoms with E-state index in [-0.39, 0.29) is 18.4 Å². The molecule has 1 aliphatic heterocycles. The number of likely N-dealkylation sites (tertiary alicyclic amines) is 1. The number of para-hydroxylation sites is 1. The maximum absolute atomic E-state index is 12.1. The van der Waals surface area contributed by atoms with Gasteiger partial charge in [0.2, 0.25) is 0 Å². The molecule has 1 aromatic carbocycles. The highest BCUT2D eigenvalue weighted by Crippen LogP contribution is 2.25. The lowest BCUT2D eigenvalue weighted by molar-refractivity contribution is -0.139. The quantitative estimate of drug-likeness (QED) is 0.888. The van der Waals surface area contributed by atoms with Gasteiger partial charge in [-0.3, -0.25) is 4.79 Å². The summed E-state index contributed by atoms with van der Waals surface area (Å²) in [6, 6.07) is 7.59. The van der Waals surface area contributed by atoms with E-state index in [4.69, 9.17) is 5.11 Å². The van der Waals surface area contributed by atoms with Crippen molar-refractivity contribution in [1.82, 2.24) is 4.90 Å². The van der Waals surface area contributed by atoms with Gasteiger partial charge in [0.15, 0.2) is 0 Å². The predicted octanol–water partition coefficient (Wildman–Crippen LogP) is 2.75. The summed E-state index contributed by atoms with van der Waals surface area (Å²) in [6.07, 6.45) is 0.131. The molecule has 20 heavy (non-hydrogen) atoms. The van der Waals surface area contributed by atoms with Crippen LogP contribution in [0.3, 0.4) is 0 Å². The Hall–Kier alpha value is -2.04. The first kappa shape index (κ1) is 14.4. The summed E-state index contributed by atoms with van der Waals surface area (Å²) in [6.45, 7) is 5.19. The van der Waals surface area contributed by atoms with Gasteiger partial charge < -0.3 is 15.3 Å². The van der Waals surface area contributed by atoms with Gasteiger partial charge in [0.25, 0.3) is 0 Å². The number of benzene rings is 1. The summed E-state index contributed by atoms with van der Waals surface area (Å²) >= 11 is 0. The summed E-state index contributed by atoms with van der Waals surface area (Å²) in [4.78, 5) is 24.3. The van der Waals surface area contributed by atoms with Crippen molar-refractivity contribution in [2.75, 3.05) is 18.4 Å². The van der Waals surface area contributed by atoms with Crippen molar-refractivity contribution in [2.45, 2.75) is 26.2 Å². The molecule has 0 atom stereocenters. The molecule has 0 aromatic heterocycles. The summed E-state index contributed by atoms with van der Waals surface area (Å²) in [7, 11) is 0. The number of carbonyl (C=O) groups is 2. The first-order valence-electron chi connectivity index (χ1n) is 6.84. The third-order valence-corrected chi connectivity index (χ3v) is 3.53. The van der Waals surface area contributed by atoms with E-state index in [1.165, 1.54) is 0 Å². The zero-order valence-electron chi connectivity index (χ0n) is 11.8. The molecule has 0 radical (unpaired) electrons. The largest absolute Gasteiger partial charge is 0.481 e. The molecule has 2 N–H and O–H groups in total. The molecule has 2 amide bonds. The Kier molecular flexibility index (Phi) is 4.27. The van der Waals surface area contributed by atoms with Crippen LogP contribution in [0, 0.1) is 5.92 Å². The number of urea groups is 1. The lowest BCUT2D eigenvalue weighted by Crippen LogP contribution is -2.52. The summed E-state index contributed by atoms with van der Waals surface area (Å²) < 4.78 is 0. The fraction of sp³-hybridized carbons (Fsp3) is 0.467. The standard InChI is InChI=1S/C15H20N2O3/c1-10(2)12-5-3-4-6-13(12)16-15(20)17-8-11(9-17)7-14(18)19/h3-6,10-11H,7-9H2,1-2H3,(H,16,20)(H,18,19). The van der Waals surface area contributed by atoms with Crippen LogP contribution in [-0.4, -0.2) is 35.1 Å². The van der Waals surface area contributed by atoms with Gasteiger partial charge in [-0.1, -0.05) is 32.0 Å². The fourth-order valence-electron chi connectivity index (χ4n) is 2.42. The average Bonchev–Trinajstić information content (AvgIpc) is 2.33. The van der Waals surface area contributed by atoms with Gasteiger partial charge >= 0.3 is 12.0 Å². The fourth-order valence-corrected chi connectivity index (χ4v) is 2.42. The minimum atomic E-state index is -0.805. The number of rotatable bonds is 4. The smallest absolute Gasteiger partial charge is 0.321 e. The molecule has 1 aliphatic rings. The van der Waals surface area contributed by atoms with Crippen LogP contribution in [0.1, 0.15) is 31.7 Å². The van der Waals surface area contributed by atoms with E-state index in [1.54, 1.807) is 4.90 Å². The molecule has 5 nitrogen and oxygen atoms in total. The molecule has 1 aromatic rings. The van der Waals surface area contributed by atoms with E-state index in [1.807, 2.05) is 24.3 Å². The zero-order chi connectivity index (χ0) is 14.7. The van der Waals surface area contributed by atoms with E-state index >= 15 is 0 Å². The molecular weight excluding hydrogens is 256 g/mol. The number of carboxylic acid groups (broad SMARTS) is 1. The summed E-state index contributed by atoms with van der Waals surface area (Å²) in [5.41, 5.74) is 1.93. The van der Waals surface area contributed by atoms with E-state index < -0.39 is 5.97 Å². The minimum Gasteiger partial charge on any atom is -0.481 e. The van der Waals surface area contributed by atoms with Crippen LogP contribution in [0.4, 0.5) is 10.5 Å². The molecule has 108 valence electrons. The maximum Gasteiger partial charge on any atom is 0.321 e. The number of aliphatic carboxylic acids is 1. The number of carbonyl (C=O) groups excluding carboxylic acids is 1. The third-order valence-electron chi connectivity index (χ3n) is 3.53. The van der Waals surface area contributed by atoms with Crippen molar-refractivity contribution in [3.63, 3.8) is 0 Å². The Bertz CT molecular complexity index is 508. The normalized spacial score (nSPS) is 15.1. The number of hydrogen-bond donors (Lipinski definition) is 2. The Labute approximate surface area is 118 Å². The lowest BCUT2D eigenvalue weighted by atomic mass is 9.97. The van der Waals surface area contributed by atoms with E-state index in [2.05, 4.69) is 19.2 Å².